The molecule has 2 spiro atoms. The molecule has 2 aliphatic heterocycles. The van der Waals surface area contributed by atoms with Crippen LogP contribution in [0.2, 0.25) is 0 Å². The Morgan fingerprint density at radius 1 is 0.549 bits per heavy atom. The van der Waals surface area contributed by atoms with Crippen LogP contribution in [0.15, 0.2) is 109 Å². The molecule has 71 heavy (non-hydrogen) atoms. The molecule has 0 unspecified atom stereocenters. The Morgan fingerprint density at radius 2 is 0.901 bits per heavy atom. The largest absolute Gasteiger partial charge is 0.416 e. The number of hydrogen-bond acceptors (Lipinski definition) is 8. The van der Waals surface area contributed by atoms with E-state index in [9.17, 15) is 45.5 Å². The number of halogens is 6. The van der Waals surface area contributed by atoms with Gasteiger partial charge in [-0.1, -0.05) is 126 Å². The summed E-state index contributed by atoms with van der Waals surface area (Å²) < 4.78 is 77.5. The zero-order chi connectivity index (χ0) is 52.7. The summed E-state index contributed by atoms with van der Waals surface area (Å²) in [5, 5.41) is 2.66. The van der Waals surface area contributed by atoms with E-state index in [2.05, 4.69) is 46.9 Å². The number of piperazine rings is 2. The molecule has 0 bridgehead atoms. The van der Waals surface area contributed by atoms with Crippen molar-refractivity contribution in [2.45, 2.75) is 110 Å². The van der Waals surface area contributed by atoms with Crippen molar-refractivity contribution in [2.75, 3.05) is 13.1 Å². The van der Waals surface area contributed by atoms with Crippen molar-refractivity contribution in [3.05, 3.63) is 143 Å². The van der Waals surface area contributed by atoms with Crippen molar-refractivity contribution in [3.63, 3.8) is 0 Å². The molecule has 378 valence electrons. The van der Waals surface area contributed by atoms with E-state index >= 15 is 0 Å². The van der Waals surface area contributed by atoms with Gasteiger partial charge in [-0.3, -0.25) is 19.2 Å². The number of benzene rings is 4. The van der Waals surface area contributed by atoms with Crippen LogP contribution in [-0.2, 0) is 63.8 Å². The number of carbonyl (C=O) groups is 4. The number of rotatable bonds is 7. The van der Waals surface area contributed by atoms with Crippen LogP contribution in [0.25, 0.3) is 0 Å². The van der Waals surface area contributed by atoms with Crippen LogP contribution in [0.5, 0.6) is 0 Å². The van der Waals surface area contributed by atoms with Crippen LogP contribution in [0.3, 0.4) is 0 Å². The molecule has 4 amide bonds. The van der Waals surface area contributed by atoms with E-state index in [1.807, 2.05) is 60.7 Å². The highest BCUT2D eigenvalue weighted by atomic mass is 19.4. The zero-order valence-corrected chi connectivity index (χ0v) is 40.2. The third-order valence-corrected chi connectivity index (χ3v) is 14.0. The average Bonchev–Trinajstić information content (AvgIpc) is 3.26. The van der Waals surface area contributed by atoms with Gasteiger partial charge >= 0.3 is 24.7 Å². The van der Waals surface area contributed by atoms with Crippen LogP contribution >= 0.6 is 0 Å². The summed E-state index contributed by atoms with van der Waals surface area (Å²) >= 11 is 0. The average molecular weight is 991 g/mol. The minimum atomic E-state index is -4.44. The Bertz CT molecular complexity index is 2520. The molecule has 2 saturated carbocycles. The molecule has 18 heteroatoms. The lowest BCUT2D eigenvalue weighted by Gasteiger charge is -2.60. The van der Waals surface area contributed by atoms with Crippen molar-refractivity contribution in [1.29, 1.82) is 0 Å². The van der Waals surface area contributed by atoms with Gasteiger partial charge in [-0.15, -0.1) is 0 Å². The number of alkyl halides is 6. The highest BCUT2D eigenvalue weighted by molar-refractivity contribution is 6.00. The van der Waals surface area contributed by atoms with Gasteiger partial charge in [0.25, 0.3) is 0 Å². The quantitative estimate of drug-likeness (QED) is 0.180. The van der Waals surface area contributed by atoms with Crippen LogP contribution in [0.4, 0.5) is 26.3 Å². The minimum absolute atomic E-state index is 0.0338. The number of carbonyl (C=O) groups excluding carboxylic acids is 8. The van der Waals surface area contributed by atoms with E-state index in [0.717, 1.165) is 35.4 Å². The number of hydrogen-bond donors (Lipinski definition) is 1. The predicted molar refractivity (Wildman–Crippen MR) is 243 cm³/mol. The zero-order valence-electron chi connectivity index (χ0n) is 40.2. The first kappa shape index (κ1) is 55.0. The first-order valence-electron chi connectivity index (χ1n) is 22.8. The Labute approximate surface area is 407 Å². The van der Waals surface area contributed by atoms with Gasteiger partial charge in [-0.25, -0.2) is 0 Å². The summed E-state index contributed by atoms with van der Waals surface area (Å²) in [6.07, 6.45) is -6.13. The Kier molecular flexibility index (Phi) is 16.8. The van der Waals surface area contributed by atoms with Crippen molar-refractivity contribution in [3.8, 4) is 0 Å². The van der Waals surface area contributed by atoms with Gasteiger partial charge in [0.2, 0.25) is 23.6 Å². The number of amides is 4. The molecule has 2 heterocycles. The second-order valence-corrected chi connectivity index (χ2v) is 20.4. The van der Waals surface area contributed by atoms with Crippen molar-refractivity contribution in [2.24, 2.45) is 22.7 Å². The van der Waals surface area contributed by atoms with Crippen LogP contribution in [0.1, 0.15) is 107 Å². The van der Waals surface area contributed by atoms with Gasteiger partial charge in [-0.05, 0) is 94.9 Å². The highest BCUT2D eigenvalue weighted by Crippen LogP contribution is 2.55. The maximum Gasteiger partial charge on any atom is 0.416 e. The fourth-order valence-electron chi connectivity index (χ4n) is 9.71. The van der Waals surface area contributed by atoms with Crippen molar-refractivity contribution < 1.29 is 64.7 Å². The van der Waals surface area contributed by atoms with Gasteiger partial charge in [-0.2, -0.15) is 45.5 Å². The fourth-order valence-corrected chi connectivity index (χ4v) is 9.71. The van der Waals surface area contributed by atoms with E-state index in [-0.39, 0.29) is 78.9 Å². The van der Waals surface area contributed by atoms with Gasteiger partial charge in [0, 0.05) is 13.1 Å². The van der Waals surface area contributed by atoms with Crippen LogP contribution in [-0.4, -0.2) is 74.8 Å². The van der Waals surface area contributed by atoms with Crippen molar-refractivity contribution in [1.82, 2.24) is 20.0 Å². The molecule has 8 rings (SSSR count). The van der Waals surface area contributed by atoms with Crippen LogP contribution < -0.4 is 5.32 Å². The van der Waals surface area contributed by atoms with E-state index < -0.39 is 40.6 Å². The lowest BCUT2D eigenvalue weighted by atomic mass is 9.57. The minimum Gasteiger partial charge on any atom is -0.345 e. The first-order chi connectivity index (χ1) is 33.2. The molecule has 0 radical (unpaired) electrons. The Hall–Kier alpha value is -6.90. The third kappa shape index (κ3) is 12.4. The second kappa shape index (κ2) is 21.6. The molecular weight excluding hydrogens is 935 g/mol. The summed E-state index contributed by atoms with van der Waals surface area (Å²) in [4.78, 5) is 90.8. The number of nitrogens with zero attached hydrogens (tertiary/aromatic N) is 3. The van der Waals surface area contributed by atoms with E-state index in [0.29, 0.717) is 42.7 Å². The Balaban J connectivity index is 0.000000253. The normalized spacial score (nSPS) is 22.1. The maximum atomic E-state index is 14.5. The molecule has 4 aromatic carbocycles. The third-order valence-electron chi connectivity index (χ3n) is 14.0. The molecule has 0 aromatic heterocycles. The molecule has 2 saturated heterocycles. The molecule has 2 aliphatic carbocycles. The van der Waals surface area contributed by atoms with E-state index in [1.165, 1.54) is 24.3 Å². The summed E-state index contributed by atoms with van der Waals surface area (Å²) in [6.45, 7) is 12.8. The molecule has 4 aliphatic rings. The topological polar surface area (TPSA) is 158 Å². The lowest BCUT2D eigenvalue weighted by Crippen LogP contribution is -2.73. The van der Waals surface area contributed by atoms with Gasteiger partial charge < -0.3 is 20.0 Å². The molecule has 4 aromatic rings. The second-order valence-electron chi connectivity index (χ2n) is 20.4. The molecule has 1 N–H and O–H groups in total. The van der Waals surface area contributed by atoms with Crippen molar-refractivity contribution >= 4 is 35.9 Å². The summed E-state index contributed by atoms with van der Waals surface area (Å²) in [7, 11) is 0. The monoisotopic (exact) mass is 990 g/mol. The van der Waals surface area contributed by atoms with Crippen LogP contribution in [0, 0.1) is 22.7 Å². The smallest absolute Gasteiger partial charge is 0.345 e. The summed E-state index contributed by atoms with van der Waals surface area (Å²) in [5.41, 5.74) is -0.396. The SMILES string of the molecule is CC(C)(C)C1CC2(C1)C(=O)N(C(c1ccccc1)c1ccccc1)CC(=O)N2Cc1ccc(C(F)(F)F)cc1.CC(C)(C)C1CC2(C1)C(=O)NCC(=O)N2Cc1ccc(C(F)(F)F)cc1.O=C=O.O=C=O. The molecule has 4 fully saturated rings. The molecule has 12 nitrogen and oxygen atoms in total. The van der Waals surface area contributed by atoms with E-state index in [4.69, 9.17) is 19.2 Å². The number of nitrogens with one attached hydrogen (secondary N) is 1. The van der Waals surface area contributed by atoms with Gasteiger partial charge in [0.1, 0.15) is 17.6 Å². The van der Waals surface area contributed by atoms with E-state index in [1.54, 1.807) is 14.7 Å². The lowest BCUT2D eigenvalue weighted by molar-refractivity contribution is -0.193. The predicted octanol–water partition coefficient (Wildman–Crippen LogP) is 9.05. The van der Waals surface area contributed by atoms with Gasteiger partial charge in [0.15, 0.2) is 0 Å². The first-order valence-corrected chi connectivity index (χ1v) is 22.8. The Morgan fingerprint density at radius 3 is 1.25 bits per heavy atom. The van der Waals surface area contributed by atoms with Gasteiger partial charge in [0.05, 0.1) is 23.7 Å². The highest BCUT2D eigenvalue weighted by Gasteiger charge is 2.63. The molecular formula is C53H56F6N4O8. The maximum absolute atomic E-state index is 14.5. The fraction of sp³-hybridized carbons (Fsp3) is 0.434. The summed E-state index contributed by atoms with van der Waals surface area (Å²) in [6, 6.07) is 28.6. The standard InChI is InChI=1S/C32H33F3N2O2.C19H23F3N2O2.2CO2/c1-30(2,3)26-18-31(19-26)29(39)36(28(23-10-6-4-7-11-23)24-12-8-5-9-13-24)21-27(38)37(31)20-22-14-16-25(17-15-22)32(33,34)35;1-17(2,3)14-8-18(9-14)16(26)23-10-15(25)24(18)11-12-4-6-13(7-5-12)19(20,21)22;2*2-1-3/h4-17,26,28H,18-21H2,1-3H3;4-7,14H,8-11H2,1-3H3,(H,23,26);;. The summed E-state index contributed by atoms with van der Waals surface area (Å²) in [5.74, 6) is -0.113. The molecule has 0 atom stereocenters.